The molecular weight excluding hydrogens is 223 g/mol. The van der Waals surface area contributed by atoms with Crippen LogP contribution in [-0.2, 0) is 9.53 Å². The van der Waals surface area contributed by atoms with Crippen LogP contribution in [0.4, 0.5) is 13.2 Å². The predicted octanol–water partition coefficient (Wildman–Crippen LogP) is 1.99. The summed E-state index contributed by atoms with van der Waals surface area (Å²) >= 11 is 0. The maximum atomic E-state index is 12.3. The van der Waals surface area contributed by atoms with Gasteiger partial charge in [0.05, 0.1) is 12.2 Å². The average molecular weight is 233 g/mol. The van der Waals surface area contributed by atoms with Crippen LogP contribution < -0.4 is 0 Å². The first kappa shape index (κ1) is 12.4. The molecule has 1 heterocycles. The van der Waals surface area contributed by atoms with Crippen LogP contribution in [0.15, 0.2) is 36.8 Å². The van der Waals surface area contributed by atoms with Crippen molar-refractivity contribution in [3.05, 3.63) is 36.8 Å². The third-order valence-corrected chi connectivity index (χ3v) is 1.98. The van der Waals surface area contributed by atoms with E-state index in [1.807, 2.05) is 0 Å². The quantitative estimate of drug-likeness (QED) is 0.730. The van der Waals surface area contributed by atoms with Gasteiger partial charge >= 0.3 is 12.1 Å². The Labute approximate surface area is 90.5 Å². The van der Waals surface area contributed by atoms with E-state index in [4.69, 9.17) is 4.74 Å². The van der Waals surface area contributed by atoms with Crippen molar-refractivity contribution >= 4 is 5.91 Å². The number of hydrogen-bond donors (Lipinski definition) is 0. The number of alkyl halides is 3. The van der Waals surface area contributed by atoms with Crippen molar-refractivity contribution < 1.29 is 22.7 Å². The molecule has 0 aromatic heterocycles. The number of nitrogens with zero attached hydrogens (tertiary/aromatic N) is 1. The molecule has 0 bridgehead atoms. The molecule has 0 saturated carbocycles. The minimum atomic E-state index is -4.90. The number of ether oxygens (including phenoxy) is 1. The number of carbonyl (C=O) groups excluding carboxylic acids is 1. The van der Waals surface area contributed by atoms with Gasteiger partial charge in [-0.25, -0.2) is 0 Å². The van der Waals surface area contributed by atoms with Crippen LogP contribution in [0.5, 0.6) is 0 Å². The molecule has 88 valence electrons. The number of hydrogen-bond acceptors (Lipinski definition) is 2. The molecule has 1 aliphatic rings. The summed E-state index contributed by atoms with van der Waals surface area (Å²) in [6, 6.07) is 0. The Bertz CT molecular complexity index is 358. The highest BCUT2D eigenvalue weighted by atomic mass is 19.4. The molecule has 0 atom stereocenters. The van der Waals surface area contributed by atoms with E-state index in [2.05, 4.69) is 13.2 Å². The van der Waals surface area contributed by atoms with Crippen LogP contribution in [0, 0.1) is 0 Å². The van der Waals surface area contributed by atoms with Gasteiger partial charge in [0.15, 0.2) is 0 Å². The van der Waals surface area contributed by atoms with E-state index in [0.717, 1.165) is 6.08 Å². The Balaban J connectivity index is 3.09. The Morgan fingerprint density at radius 3 is 2.44 bits per heavy atom. The maximum absolute atomic E-state index is 12.3. The first-order chi connectivity index (χ1) is 7.41. The molecule has 1 rings (SSSR count). The van der Waals surface area contributed by atoms with Gasteiger partial charge in [0.25, 0.3) is 0 Å². The first-order valence-electron chi connectivity index (χ1n) is 4.42. The molecule has 1 amide bonds. The van der Waals surface area contributed by atoms with Gasteiger partial charge in [-0.15, -0.1) is 0 Å². The number of rotatable bonds is 2. The summed E-state index contributed by atoms with van der Waals surface area (Å²) in [4.78, 5) is 11.7. The number of carbonyl (C=O) groups is 1. The summed E-state index contributed by atoms with van der Waals surface area (Å²) in [5, 5.41) is 0. The molecule has 0 saturated heterocycles. The van der Waals surface area contributed by atoms with Crippen molar-refractivity contribution in [2.75, 3.05) is 13.2 Å². The highest BCUT2D eigenvalue weighted by Crippen LogP contribution is 2.25. The molecule has 0 aromatic carbocycles. The molecular formula is C10H10F3NO2. The maximum Gasteiger partial charge on any atom is 0.471 e. The van der Waals surface area contributed by atoms with Crippen LogP contribution in [0.3, 0.4) is 0 Å². The van der Waals surface area contributed by atoms with Gasteiger partial charge in [-0.05, 0) is 12.2 Å². The third kappa shape index (κ3) is 2.26. The summed E-state index contributed by atoms with van der Waals surface area (Å²) in [5.74, 6) is -1.80. The van der Waals surface area contributed by atoms with Gasteiger partial charge in [-0.3, -0.25) is 9.69 Å². The summed E-state index contributed by atoms with van der Waals surface area (Å²) in [6.45, 7) is 6.58. The lowest BCUT2D eigenvalue weighted by molar-refractivity contribution is -0.184. The zero-order valence-electron chi connectivity index (χ0n) is 8.38. The molecule has 3 nitrogen and oxygen atoms in total. The fourth-order valence-corrected chi connectivity index (χ4v) is 1.31. The SMILES string of the molecule is C=CC1=C(C=C)N(C(=O)C(F)(F)F)CCO1. The van der Waals surface area contributed by atoms with Gasteiger partial charge in [0.2, 0.25) is 0 Å². The Kier molecular flexibility index (Phi) is 3.41. The molecule has 0 spiro atoms. The second kappa shape index (κ2) is 4.42. The fraction of sp³-hybridized carbons (Fsp3) is 0.300. The highest BCUT2D eigenvalue weighted by Gasteiger charge is 2.44. The van der Waals surface area contributed by atoms with Crippen molar-refractivity contribution in [2.45, 2.75) is 6.18 Å². The average Bonchev–Trinajstić information content (AvgIpc) is 2.25. The molecule has 0 N–H and O–H groups in total. The molecule has 0 aliphatic carbocycles. The second-order valence-corrected chi connectivity index (χ2v) is 2.96. The molecule has 0 radical (unpaired) electrons. The lowest BCUT2D eigenvalue weighted by Gasteiger charge is -2.30. The fourth-order valence-electron chi connectivity index (χ4n) is 1.31. The lowest BCUT2D eigenvalue weighted by atomic mass is 10.2. The van der Waals surface area contributed by atoms with Crippen molar-refractivity contribution in [1.82, 2.24) is 4.90 Å². The van der Waals surface area contributed by atoms with E-state index in [1.165, 1.54) is 6.08 Å². The molecule has 6 heteroatoms. The molecule has 1 aliphatic heterocycles. The summed E-state index contributed by atoms with van der Waals surface area (Å²) in [6.07, 6.45) is -2.52. The van der Waals surface area contributed by atoms with Gasteiger partial charge in [0.1, 0.15) is 12.4 Å². The van der Waals surface area contributed by atoms with Crippen LogP contribution in [0.2, 0.25) is 0 Å². The van der Waals surface area contributed by atoms with Crippen LogP contribution in [0.25, 0.3) is 0 Å². The van der Waals surface area contributed by atoms with Gasteiger partial charge < -0.3 is 4.74 Å². The zero-order valence-corrected chi connectivity index (χ0v) is 8.38. The Morgan fingerprint density at radius 1 is 1.38 bits per heavy atom. The normalized spacial score (nSPS) is 16.8. The summed E-state index contributed by atoms with van der Waals surface area (Å²) < 4.78 is 41.8. The van der Waals surface area contributed by atoms with Crippen molar-refractivity contribution in [3.8, 4) is 0 Å². The van der Waals surface area contributed by atoms with Gasteiger partial charge in [-0.2, -0.15) is 13.2 Å². The number of amides is 1. The molecule has 0 unspecified atom stereocenters. The molecule has 0 fully saturated rings. The smallest absolute Gasteiger partial charge is 0.471 e. The topological polar surface area (TPSA) is 29.5 Å². The Hall–Kier alpha value is -1.72. The van der Waals surface area contributed by atoms with E-state index >= 15 is 0 Å². The minimum absolute atomic E-state index is 0.000509. The van der Waals surface area contributed by atoms with E-state index in [1.54, 1.807) is 0 Å². The van der Waals surface area contributed by atoms with Crippen molar-refractivity contribution in [2.24, 2.45) is 0 Å². The summed E-state index contributed by atoms with van der Waals surface area (Å²) in [7, 11) is 0. The monoisotopic (exact) mass is 233 g/mol. The van der Waals surface area contributed by atoms with Crippen LogP contribution >= 0.6 is 0 Å². The summed E-state index contributed by atoms with van der Waals surface area (Å²) in [5.41, 5.74) is -0.0106. The predicted molar refractivity (Wildman–Crippen MR) is 51.1 cm³/mol. The molecule has 16 heavy (non-hydrogen) atoms. The van der Waals surface area contributed by atoms with Crippen LogP contribution in [0.1, 0.15) is 0 Å². The number of halogens is 3. The minimum Gasteiger partial charge on any atom is -0.490 e. The van der Waals surface area contributed by atoms with Gasteiger partial charge in [0, 0.05) is 0 Å². The van der Waals surface area contributed by atoms with Gasteiger partial charge in [-0.1, -0.05) is 13.2 Å². The van der Waals surface area contributed by atoms with E-state index < -0.39 is 12.1 Å². The molecule has 0 aromatic rings. The highest BCUT2D eigenvalue weighted by molar-refractivity contribution is 5.84. The van der Waals surface area contributed by atoms with E-state index in [9.17, 15) is 18.0 Å². The standard InChI is InChI=1S/C10H10F3NO2/c1-3-7-8(4-2)16-6-5-14(7)9(15)10(11,12)13/h3-4H,1-2,5-6H2. The van der Waals surface area contributed by atoms with E-state index in [0.29, 0.717) is 4.90 Å². The zero-order chi connectivity index (χ0) is 12.3. The van der Waals surface area contributed by atoms with Crippen molar-refractivity contribution in [3.63, 3.8) is 0 Å². The number of allylic oxidation sites excluding steroid dienone is 2. The lowest BCUT2D eigenvalue weighted by Crippen LogP contribution is -2.44. The Morgan fingerprint density at radius 2 is 2.00 bits per heavy atom. The van der Waals surface area contributed by atoms with Crippen molar-refractivity contribution in [1.29, 1.82) is 0 Å². The van der Waals surface area contributed by atoms with Crippen LogP contribution in [-0.4, -0.2) is 30.1 Å². The van der Waals surface area contributed by atoms with E-state index in [-0.39, 0.29) is 24.6 Å². The largest absolute Gasteiger partial charge is 0.490 e. The second-order valence-electron chi connectivity index (χ2n) is 2.96. The third-order valence-electron chi connectivity index (χ3n) is 1.98. The first-order valence-corrected chi connectivity index (χ1v) is 4.42.